The SMILES string of the molecule is CCC(C)N(CC)c1cc(Br)ccc1C#N. The molecule has 86 valence electrons. The second kappa shape index (κ2) is 5.91. The fourth-order valence-electron chi connectivity index (χ4n) is 1.78. The summed E-state index contributed by atoms with van der Waals surface area (Å²) < 4.78 is 1.02. The largest absolute Gasteiger partial charge is 0.368 e. The molecular formula is C13H17BrN2. The molecule has 1 aromatic rings. The van der Waals surface area contributed by atoms with E-state index in [4.69, 9.17) is 5.26 Å². The molecule has 1 unspecified atom stereocenters. The van der Waals surface area contributed by atoms with E-state index < -0.39 is 0 Å². The van der Waals surface area contributed by atoms with Gasteiger partial charge in [-0.3, -0.25) is 0 Å². The summed E-state index contributed by atoms with van der Waals surface area (Å²) in [7, 11) is 0. The van der Waals surface area contributed by atoms with Crippen LogP contribution >= 0.6 is 15.9 Å². The second-order valence-electron chi connectivity index (χ2n) is 3.82. The monoisotopic (exact) mass is 280 g/mol. The van der Waals surface area contributed by atoms with Crippen LogP contribution in [0.5, 0.6) is 0 Å². The Bertz CT molecular complexity index is 395. The van der Waals surface area contributed by atoms with Gasteiger partial charge in [0.1, 0.15) is 6.07 Å². The Hall–Kier alpha value is -1.01. The summed E-state index contributed by atoms with van der Waals surface area (Å²) in [5, 5.41) is 9.12. The second-order valence-corrected chi connectivity index (χ2v) is 4.73. The van der Waals surface area contributed by atoms with Gasteiger partial charge in [-0.1, -0.05) is 22.9 Å². The highest BCUT2D eigenvalue weighted by atomic mass is 79.9. The third kappa shape index (κ3) is 2.76. The highest BCUT2D eigenvalue weighted by Gasteiger charge is 2.14. The van der Waals surface area contributed by atoms with Crippen LogP contribution in [0, 0.1) is 11.3 Å². The Morgan fingerprint density at radius 1 is 1.44 bits per heavy atom. The van der Waals surface area contributed by atoms with Crippen LogP contribution in [0.3, 0.4) is 0 Å². The highest BCUT2D eigenvalue weighted by Crippen LogP contribution is 2.26. The van der Waals surface area contributed by atoms with Gasteiger partial charge in [0.15, 0.2) is 0 Å². The molecule has 0 aromatic heterocycles. The number of benzene rings is 1. The number of anilines is 1. The fourth-order valence-corrected chi connectivity index (χ4v) is 2.13. The highest BCUT2D eigenvalue weighted by molar-refractivity contribution is 9.10. The van der Waals surface area contributed by atoms with E-state index in [-0.39, 0.29) is 0 Å². The molecule has 0 N–H and O–H groups in total. The first-order valence-corrected chi connectivity index (χ1v) is 6.39. The minimum atomic E-state index is 0.450. The average molecular weight is 281 g/mol. The third-order valence-corrected chi connectivity index (χ3v) is 3.35. The molecule has 1 atom stereocenters. The number of hydrogen-bond donors (Lipinski definition) is 0. The van der Waals surface area contributed by atoms with Crippen molar-refractivity contribution in [3.05, 3.63) is 28.2 Å². The van der Waals surface area contributed by atoms with Gasteiger partial charge in [-0.25, -0.2) is 0 Å². The number of nitrogens with zero attached hydrogens (tertiary/aromatic N) is 2. The molecule has 2 nitrogen and oxygen atoms in total. The van der Waals surface area contributed by atoms with Crippen LogP contribution in [-0.2, 0) is 0 Å². The predicted octanol–water partition coefficient (Wildman–Crippen LogP) is 3.95. The summed E-state index contributed by atoms with van der Waals surface area (Å²) in [6.07, 6.45) is 1.07. The van der Waals surface area contributed by atoms with Gasteiger partial charge in [-0.15, -0.1) is 0 Å². The lowest BCUT2D eigenvalue weighted by atomic mass is 10.1. The number of nitriles is 1. The van der Waals surface area contributed by atoms with Gasteiger partial charge in [0.25, 0.3) is 0 Å². The summed E-state index contributed by atoms with van der Waals surface area (Å²) in [5.41, 5.74) is 1.76. The van der Waals surface area contributed by atoms with Crippen LogP contribution in [-0.4, -0.2) is 12.6 Å². The predicted molar refractivity (Wildman–Crippen MR) is 71.6 cm³/mol. The molecule has 0 spiro atoms. The van der Waals surface area contributed by atoms with Crippen LogP contribution in [0.2, 0.25) is 0 Å². The van der Waals surface area contributed by atoms with Crippen molar-refractivity contribution in [2.75, 3.05) is 11.4 Å². The molecule has 0 aliphatic heterocycles. The fraction of sp³-hybridized carbons (Fsp3) is 0.462. The molecule has 0 saturated heterocycles. The maximum absolute atomic E-state index is 9.12. The minimum Gasteiger partial charge on any atom is -0.368 e. The van der Waals surface area contributed by atoms with Crippen LogP contribution in [0.1, 0.15) is 32.8 Å². The lowest BCUT2D eigenvalue weighted by Crippen LogP contribution is -2.32. The Balaban J connectivity index is 3.18. The molecule has 1 rings (SSSR count). The van der Waals surface area contributed by atoms with Crippen molar-refractivity contribution >= 4 is 21.6 Å². The lowest BCUT2D eigenvalue weighted by molar-refractivity contribution is 0.629. The first kappa shape index (κ1) is 13.1. The maximum atomic E-state index is 9.12. The van der Waals surface area contributed by atoms with Gasteiger partial charge < -0.3 is 4.90 Å². The Labute approximate surface area is 106 Å². The van der Waals surface area contributed by atoms with E-state index in [1.165, 1.54) is 0 Å². The number of rotatable bonds is 4. The lowest BCUT2D eigenvalue weighted by Gasteiger charge is -2.30. The maximum Gasteiger partial charge on any atom is 0.101 e. The van der Waals surface area contributed by atoms with Crippen LogP contribution in [0.15, 0.2) is 22.7 Å². The number of hydrogen-bond acceptors (Lipinski definition) is 2. The van der Waals surface area contributed by atoms with E-state index in [0.717, 1.165) is 28.7 Å². The first-order chi connectivity index (χ1) is 7.63. The topological polar surface area (TPSA) is 27.0 Å². The van der Waals surface area contributed by atoms with E-state index in [9.17, 15) is 0 Å². The molecule has 3 heteroatoms. The third-order valence-electron chi connectivity index (χ3n) is 2.85. The molecule has 16 heavy (non-hydrogen) atoms. The normalized spacial score (nSPS) is 11.9. The van der Waals surface area contributed by atoms with E-state index in [1.54, 1.807) is 0 Å². The molecular weight excluding hydrogens is 264 g/mol. The Morgan fingerprint density at radius 2 is 2.12 bits per heavy atom. The van der Waals surface area contributed by atoms with E-state index in [2.05, 4.69) is 47.7 Å². The van der Waals surface area contributed by atoms with Crippen molar-refractivity contribution in [2.24, 2.45) is 0 Å². The van der Waals surface area contributed by atoms with Crippen molar-refractivity contribution < 1.29 is 0 Å². The van der Waals surface area contributed by atoms with Crippen molar-refractivity contribution in [3.63, 3.8) is 0 Å². The zero-order valence-electron chi connectivity index (χ0n) is 10.00. The van der Waals surface area contributed by atoms with Gasteiger partial charge in [0.2, 0.25) is 0 Å². The van der Waals surface area contributed by atoms with E-state index >= 15 is 0 Å². The summed E-state index contributed by atoms with van der Waals surface area (Å²) in [6, 6.07) is 8.50. The Kier molecular flexibility index (Phi) is 4.82. The van der Waals surface area contributed by atoms with E-state index in [1.807, 2.05) is 18.2 Å². The van der Waals surface area contributed by atoms with Gasteiger partial charge >= 0.3 is 0 Å². The first-order valence-electron chi connectivity index (χ1n) is 5.60. The van der Waals surface area contributed by atoms with Crippen molar-refractivity contribution in [1.29, 1.82) is 5.26 Å². The summed E-state index contributed by atoms with van der Waals surface area (Å²) >= 11 is 3.46. The zero-order chi connectivity index (χ0) is 12.1. The Morgan fingerprint density at radius 3 is 2.62 bits per heavy atom. The molecule has 0 radical (unpaired) electrons. The summed E-state index contributed by atoms with van der Waals surface area (Å²) in [4.78, 5) is 2.27. The zero-order valence-corrected chi connectivity index (χ0v) is 11.6. The van der Waals surface area contributed by atoms with Crippen molar-refractivity contribution in [1.82, 2.24) is 0 Å². The van der Waals surface area contributed by atoms with E-state index in [0.29, 0.717) is 6.04 Å². The molecule has 1 aromatic carbocycles. The quantitative estimate of drug-likeness (QED) is 0.835. The van der Waals surface area contributed by atoms with Crippen LogP contribution < -0.4 is 4.90 Å². The molecule has 0 aliphatic carbocycles. The summed E-state index contributed by atoms with van der Waals surface area (Å²) in [6.45, 7) is 7.39. The molecule has 0 amide bonds. The van der Waals surface area contributed by atoms with Gasteiger partial charge in [-0.05, 0) is 38.5 Å². The smallest absolute Gasteiger partial charge is 0.101 e. The minimum absolute atomic E-state index is 0.450. The van der Waals surface area contributed by atoms with Gasteiger partial charge in [0, 0.05) is 17.1 Å². The summed E-state index contributed by atoms with van der Waals surface area (Å²) in [5.74, 6) is 0. The molecule has 0 saturated carbocycles. The van der Waals surface area contributed by atoms with Gasteiger partial charge in [0.05, 0.1) is 11.3 Å². The molecule has 0 fully saturated rings. The van der Waals surface area contributed by atoms with Crippen LogP contribution in [0.25, 0.3) is 0 Å². The van der Waals surface area contributed by atoms with Crippen molar-refractivity contribution in [2.45, 2.75) is 33.2 Å². The molecule has 0 heterocycles. The number of halogens is 1. The van der Waals surface area contributed by atoms with Crippen molar-refractivity contribution in [3.8, 4) is 6.07 Å². The van der Waals surface area contributed by atoms with Gasteiger partial charge in [-0.2, -0.15) is 5.26 Å². The average Bonchev–Trinajstić information content (AvgIpc) is 2.30. The van der Waals surface area contributed by atoms with Crippen LogP contribution in [0.4, 0.5) is 5.69 Å². The standard InChI is InChI=1S/C13H17BrN2/c1-4-10(3)16(5-2)13-8-12(14)7-6-11(13)9-15/h6-8,10H,4-5H2,1-3H3. The molecule has 0 aliphatic rings. The molecule has 0 bridgehead atoms.